The van der Waals surface area contributed by atoms with Gasteiger partial charge >= 0.3 is 6.18 Å². The molecule has 0 aliphatic carbocycles. The largest absolute Gasteiger partial charge is 0.449 e. The number of carbonyl (C=O) groups is 2. The number of benzene rings is 2. The summed E-state index contributed by atoms with van der Waals surface area (Å²) in [5.41, 5.74) is 4.07. The first-order chi connectivity index (χ1) is 14.2. The number of nitro groups is 1. The number of nitro benzene ring substituents is 1. The zero-order valence-corrected chi connectivity index (χ0v) is 15.1. The zero-order valence-electron chi connectivity index (χ0n) is 15.1. The van der Waals surface area contributed by atoms with Crippen LogP contribution >= 0.6 is 0 Å². The first-order valence-electron chi connectivity index (χ1n) is 8.49. The van der Waals surface area contributed by atoms with Crippen molar-refractivity contribution >= 4 is 28.5 Å². The molecule has 9 nitrogen and oxygen atoms in total. The molecule has 2 N–H and O–H groups in total. The molecule has 2 aromatic carbocycles. The summed E-state index contributed by atoms with van der Waals surface area (Å²) in [5.74, 6) is -2.95. The molecule has 1 aromatic heterocycles. The Morgan fingerprint density at radius 3 is 2.37 bits per heavy atom. The van der Waals surface area contributed by atoms with Gasteiger partial charge < -0.3 is 4.57 Å². The van der Waals surface area contributed by atoms with Gasteiger partial charge in [-0.1, -0.05) is 30.3 Å². The van der Waals surface area contributed by atoms with Crippen molar-refractivity contribution in [2.24, 2.45) is 0 Å². The van der Waals surface area contributed by atoms with Crippen LogP contribution in [0.2, 0.25) is 0 Å². The molecule has 0 saturated heterocycles. The lowest BCUT2D eigenvalue weighted by molar-refractivity contribution is -0.385. The highest BCUT2D eigenvalue weighted by Crippen LogP contribution is 2.31. The molecule has 30 heavy (non-hydrogen) atoms. The lowest BCUT2D eigenvalue weighted by atomic mass is 10.1. The van der Waals surface area contributed by atoms with Crippen LogP contribution in [0, 0.1) is 10.1 Å². The Balaban J connectivity index is 1.68. The Morgan fingerprint density at radius 2 is 1.67 bits per heavy atom. The average molecular weight is 421 g/mol. The van der Waals surface area contributed by atoms with E-state index in [9.17, 15) is 32.9 Å². The lowest BCUT2D eigenvalue weighted by Gasteiger charge is -2.12. The molecule has 1 heterocycles. The summed E-state index contributed by atoms with van der Waals surface area (Å²) >= 11 is 0. The Morgan fingerprint density at radius 1 is 1.03 bits per heavy atom. The molecule has 12 heteroatoms. The fourth-order valence-electron chi connectivity index (χ4n) is 2.83. The summed E-state index contributed by atoms with van der Waals surface area (Å²) in [5, 5.41) is 11.0. The number of fused-ring (bicyclic) bond motifs is 1. The second-order valence-corrected chi connectivity index (χ2v) is 6.17. The summed E-state index contributed by atoms with van der Waals surface area (Å²) in [6, 6.07) is 11.4. The van der Waals surface area contributed by atoms with Crippen LogP contribution < -0.4 is 10.9 Å². The highest BCUT2D eigenvalue weighted by molar-refractivity contribution is 5.85. The molecule has 0 aliphatic heterocycles. The minimum absolute atomic E-state index is 0.0676. The number of nitrogens with zero attached hydrogens (tertiary/aromatic N) is 3. The molecule has 0 spiro atoms. The standard InChI is InChI=1S/C18H14F3N5O4/c19-18(20,21)17-22-12-6-2-4-8-14(12)25(17)10-16(28)24-23-15(27)9-11-5-1-3-7-13(11)26(29)30/h1-8H,9-10H2,(H,23,27)(H,24,28). The van der Waals surface area contributed by atoms with Crippen molar-refractivity contribution in [3.05, 3.63) is 70.0 Å². The van der Waals surface area contributed by atoms with E-state index >= 15 is 0 Å². The van der Waals surface area contributed by atoms with E-state index in [1.54, 1.807) is 0 Å². The number of hydrogen-bond acceptors (Lipinski definition) is 5. The molecule has 0 aliphatic rings. The number of aromatic nitrogens is 2. The molecule has 0 atom stereocenters. The number of rotatable bonds is 5. The highest BCUT2D eigenvalue weighted by atomic mass is 19.4. The van der Waals surface area contributed by atoms with E-state index in [1.807, 2.05) is 10.9 Å². The Kier molecular flexibility index (Phi) is 5.67. The van der Waals surface area contributed by atoms with Gasteiger partial charge in [0.25, 0.3) is 11.6 Å². The van der Waals surface area contributed by atoms with Crippen LogP contribution in [0.5, 0.6) is 0 Å². The van der Waals surface area contributed by atoms with Crippen LogP contribution in [-0.4, -0.2) is 26.3 Å². The number of hydrazine groups is 1. The van der Waals surface area contributed by atoms with Crippen molar-refractivity contribution in [3.63, 3.8) is 0 Å². The summed E-state index contributed by atoms with van der Waals surface area (Å²) in [6.45, 7) is -0.749. The monoisotopic (exact) mass is 421 g/mol. The summed E-state index contributed by atoms with van der Waals surface area (Å²) in [6.07, 6.45) is -5.19. The quantitative estimate of drug-likeness (QED) is 0.484. The molecule has 0 radical (unpaired) electrons. The van der Waals surface area contributed by atoms with Gasteiger partial charge in [-0.05, 0) is 12.1 Å². The molecule has 3 rings (SSSR count). The van der Waals surface area contributed by atoms with E-state index in [0.717, 1.165) is 0 Å². The molecule has 156 valence electrons. The average Bonchev–Trinajstić information content (AvgIpc) is 3.06. The van der Waals surface area contributed by atoms with Gasteiger partial charge in [-0.2, -0.15) is 13.2 Å². The SMILES string of the molecule is O=C(Cc1ccccc1[N+](=O)[O-])NNC(=O)Cn1c(C(F)(F)F)nc2ccccc21. The van der Waals surface area contributed by atoms with Gasteiger partial charge in [0.15, 0.2) is 0 Å². The van der Waals surface area contributed by atoms with Gasteiger partial charge in [0, 0.05) is 11.6 Å². The van der Waals surface area contributed by atoms with Gasteiger partial charge in [-0.25, -0.2) is 4.98 Å². The maximum absolute atomic E-state index is 13.3. The van der Waals surface area contributed by atoms with Crippen molar-refractivity contribution in [1.82, 2.24) is 20.4 Å². The summed E-state index contributed by atoms with van der Waals surface area (Å²) in [7, 11) is 0. The topological polar surface area (TPSA) is 119 Å². The van der Waals surface area contributed by atoms with Crippen LogP contribution in [-0.2, 0) is 28.7 Å². The van der Waals surface area contributed by atoms with Crippen molar-refractivity contribution in [1.29, 1.82) is 0 Å². The van der Waals surface area contributed by atoms with Crippen molar-refractivity contribution < 1.29 is 27.7 Å². The number of imidazole rings is 1. The smallest absolute Gasteiger partial charge is 0.311 e. The maximum atomic E-state index is 13.3. The van der Waals surface area contributed by atoms with E-state index in [0.29, 0.717) is 4.57 Å². The van der Waals surface area contributed by atoms with E-state index in [1.165, 1.54) is 48.5 Å². The lowest BCUT2D eigenvalue weighted by Crippen LogP contribution is -2.44. The molecular formula is C18H14F3N5O4. The Labute approximate surface area is 166 Å². The van der Waals surface area contributed by atoms with Gasteiger partial charge in [-0.3, -0.25) is 30.6 Å². The number of para-hydroxylation sites is 3. The van der Waals surface area contributed by atoms with E-state index < -0.39 is 41.7 Å². The predicted octanol–water partition coefficient (Wildman–Crippen LogP) is 2.35. The highest BCUT2D eigenvalue weighted by Gasteiger charge is 2.38. The van der Waals surface area contributed by atoms with Crippen LogP contribution in [0.3, 0.4) is 0 Å². The molecule has 0 saturated carbocycles. The fourth-order valence-corrected chi connectivity index (χ4v) is 2.83. The minimum Gasteiger partial charge on any atom is -0.311 e. The Hall–Kier alpha value is -3.96. The number of carbonyl (C=O) groups excluding carboxylic acids is 2. The van der Waals surface area contributed by atoms with Crippen molar-refractivity contribution in [2.75, 3.05) is 0 Å². The molecular weight excluding hydrogens is 407 g/mol. The van der Waals surface area contributed by atoms with Crippen LogP contribution in [0.1, 0.15) is 11.4 Å². The molecule has 0 bridgehead atoms. The fraction of sp³-hybridized carbons (Fsp3) is 0.167. The number of amides is 2. The van der Waals surface area contributed by atoms with Gasteiger partial charge in [0.05, 0.1) is 22.4 Å². The predicted molar refractivity (Wildman–Crippen MR) is 97.8 cm³/mol. The van der Waals surface area contributed by atoms with Gasteiger partial charge in [0.2, 0.25) is 11.7 Å². The van der Waals surface area contributed by atoms with Crippen LogP contribution in [0.25, 0.3) is 11.0 Å². The Bertz CT molecular complexity index is 1130. The first-order valence-corrected chi connectivity index (χ1v) is 8.49. The van der Waals surface area contributed by atoms with E-state index in [2.05, 4.69) is 4.98 Å². The number of hydrogen-bond donors (Lipinski definition) is 2. The number of halogens is 3. The van der Waals surface area contributed by atoms with Gasteiger partial charge in [0.1, 0.15) is 6.54 Å². The third kappa shape index (κ3) is 4.54. The number of alkyl halides is 3. The van der Waals surface area contributed by atoms with Crippen LogP contribution in [0.15, 0.2) is 48.5 Å². The van der Waals surface area contributed by atoms with Crippen LogP contribution in [0.4, 0.5) is 18.9 Å². The van der Waals surface area contributed by atoms with E-state index in [-0.39, 0.29) is 22.3 Å². The maximum Gasteiger partial charge on any atom is 0.449 e. The molecule has 2 amide bonds. The number of nitrogens with one attached hydrogen (secondary N) is 2. The normalized spacial score (nSPS) is 11.3. The summed E-state index contributed by atoms with van der Waals surface area (Å²) in [4.78, 5) is 37.9. The first kappa shape index (κ1) is 20.8. The zero-order chi connectivity index (χ0) is 21.9. The van der Waals surface area contributed by atoms with Gasteiger partial charge in [-0.15, -0.1) is 0 Å². The second kappa shape index (κ2) is 8.19. The molecule has 0 fully saturated rings. The minimum atomic E-state index is -4.78. The van der Waals surface area contributed by atoms with Crippen molar-refractivity contribution in [2.45, 2.75) is 19.1 Å². The molecule has 3 aromatic rings. The third-order valence-corrected chi connectivity index (χ3v) is 4.09. The third-order valence-electron chi connectivity index (χ3n) is 4.09. The van der Waals surface area contributed by atoms with Crippen molar-refractivity contribution in [3.8, 4) is 0 Å². The van der Waals surface area contributed by atoms with E-state index in [4.69, 9.17) is 0 Å². The summed E-state index contributed by atoms with van der Waals surface area (Å²) < 4.78 is 40.5. The molecule has 0 unspecified atom stereocenters. The second-order valence-electron chi connectivity index (χ2n) is 6.17.